The zero-order chi connectivity index (χ0) is 29.6. The topological polar surface area (TPSA) is 99.5 Å². The molecule has 3 aromatic carbocycles. The third-order valence-electron chi connectivity index (χ3n) is 7.20. The second-order valence-corrected chi connectivity index (χ2v) is 11.0. The number of methoxy groups -OCH3 is 1. The summed E-state index contributed by atoms with van der Waals surface area (Å²) in [6.07, 6.45) is 4.26. The van der Waals surface area contributed by atoms with Crippen LogP contribution in [0.4, 0.5) is 15.9 Å². The molecule has 222 valence electrons. The maximum Gasteiger partial charge on any atom is 0.162 e. The number of fused-ring (bicyclic) bond motifs is 1. The summed E-state index contributed by atoms with van der Waals surface area (Å²) in [5, 5.41) is 12.8. The van der Waals surface area contributed by atoms with Crippen LogP contribution in [0.25, 0.3) is 22.2 Å². The molecular weight excluding hydrogens is 617 g/mol. The van der Waals surface area contributed by atoms with Gasteiger partial charge in [-0.25, -0.2) is 19.0 Å². The van der Waals surface area contributed by atoms with Crippen LogP contribution in [0.3, 0.4) is 0 Å². The average Bonchev–Trinajstić information content (AvgIpc) is 3.50. The Morgan fingerprint density at radius 2 is 1.93 bits per heavy atom. The fraction of sp³-hybridized carbons (Fsp3) is 0.290. The molecule has 2 aromatic heterocycles. The molecule has 0 amide bonds. The summed E-state index contributed by atoms with van der Waals surface area (Å²) in [6, 6.07) is 16.2. The smallest absolute Gasteiger partial charge is 0.162 e. The first-order valence-corrected chi connectivity index (χ1v) is 14.8. The van der Waals surface area contributed by atoms with Gasteiger partial charge in [0, 0.05) is 46.8 Å². The van der Waals surface area contributed by atoms with Gasteiger partial charge in [-0.1, -0.05) is 33.3 Å². The van der Waals surface area contributed by atoms with E-state index >= 15 is 0 Å². The predicted molar refractivity (Wildman–Crippen MR) is 165 cm³/mol. The number of morpholine rings is 1. The van der Waals surface area contributed by atoms with Crippen molar-refractivity contribution < 1.29 is 18.6 Å². The molecule has 0 radical (unpaired) electrons. The summed E-state index contributed by atoms with van der Waals surface area (Å²) in [4.78, 5) is 11.4. The van der Waals surface area contributed by atoms with E-state index in [2.05, 4.69) is 46.4 Å². The van der Waals surface area contributed by atoms with Gasteiger partial charge < -0.3 is 19.5 Å². The lowest BCUT2D eigenvalue weighted by atomic mass is 10.1. The van der Waals surface area contributed by atoms with Crippen molar-refractivity contribution in [2.75, 3.05) is 51.9 Å². The third-order valence-corrected chi connectivity index (χ3v) is 7.97. The lowest BCUT2D eigenvalue weighted by molar-refractivity contribution is 0.0357. The van der Waals surface area contributed by atoms with Crippen LogP contribution in [0.5, 0.6) is 11.5 Å². The van der Waals surface area contributed by atoms with Crippen molar-refractivity contribution in [1.82, 2.24) is 29.9 Å². The predicted octanol–water partition coefficient (Wildman–Crippen LogP) is 5.69. The summed E-state index contributed by atoms with van der Waals surface area (Å²) >= 11 is 3.47. The molecule has 0 aliphatic carbocycles. The van der Waals surface area contributed by atoms with Crippen LogP contribution >= 0.6 is 15.9 Å². The molecule has 5 aromatic rings. The Labute approximate surface area is 256 Å². The molecule has 10 nitrogen and oxygen atoms in total. The van der Waals surface area contributed by atoms with E-state index in [1.807, 2.05) is 42.6 Å². The Morgan fingerprint density at radius 1 is 1.05 bits per heavy atom. The van der Waals surface area contributed by atoms with E-state index in [-0.39, 0.29) is 5.82 Å². The maximum absolute atomic E-state index is 13.7. The SMILES string of the molecule is COc1cc2ncnc(Nc3cccc(-c4cn(Cc5cc(F)ccc5Br)nn4)c3)c2cc1OCCCN1CCOCC1. The zero-order valence-electron chi connectivity index (χ0n) is 23.7. The molecule has 0 atom stereocenters. The van der Waals surface area contributed by atoms with Gasteiger partial charge >= 0.3 is 0 Å². The van der Waals surface area contributed by atoms with E-state index in [0.29, 0.717) is 36.2 Å². The monoisotopic (exact) mass is 647 g/mol. The van der Waals surface area contributed by atoms with E-state index in [4.69, 9.17) is 14.2 Å². The van der Waals surface area contributed by atoms with Crippen LogP contribution in [0, 0.1) is 5.82 Å². The normalized spacial score (nSPS) is 13.7. The molecule has 1 N–H and O–H groups in total. The highest BCUT2D eigenvalue weighted by molar-refractivity contribution is 9.10. The largest absolute Gasteiger partial charge is 0.493 e. The van der Waals surface area contributed by atoms with E-state index in [0.717, 1.165) is 71.5 Å². The quantitative estimate of drug-likeness (QED) is 0.181. The minimum Gasteiger partial charge on any atom is -0.493 e. The molecule has 1 aliphatic rings. The van der Waals surface area contributed by atoms with Crippen LogP contribution in [0.2, 0.25) is 0 Å². The number of nitrogens with one attached hydrogen (secondary N) is 1. The summed E-state index contributed by atoms with van der Waals surface area (Å²) in [7, 11) is 1.63. The maximum atomic E-state index is 13.7. The number of halogens is 2. The molecule has 0 unspecified atom stereocenters. The lowest BCUT2D eigenvalue weighted by Gasteiger charge is -2.26. The highest BCUT2D eigenvalue weighted by atomic mass is 79.9. The van der Waals surface area contributed by atoms with E-state index in [1.165, 1.54) is 18.5 Å². The van der Waals surface area contributed by atoms with Gasteiger partial charge in [-0.15, -0.1) is 5.10 Å². The van der Waals surface area contributed by atoms with Crippen molar-refractivity contribution in [1.29, 1.82) is 0 Å². The molecule has 1 saturated heterocycles. The first-order valence-electron chi connectivity index (χ1n) is 14.0. The molecule has 6 rings (SSSR count). The molecule has 1 fully saturated rings. The summed E-state index contributed by atoms with van der Waals surface area (Å²) in [5.74, 6) is 1.61. The van der Waals surface area contributed by atoms with Crippen molar-refractivity contribution in [2.45, 2.75) is 13.0 Å². The number of rotatable bonds is 11. The van der Waals surface area contributed by atoms with Crippen LogP contribution in [-0.2, 0) is 11.3 Å². The van der Waals surface area contributed by atoms with E-state index < -0.39 is 0 Å². The first kappa shape index (κ1) is 29.0. The number of hydrogen-bond donors (Lipinski definition) is 1. The summed E-state index contributed by atoms with van der Waals surface area (Å²) < 4.78 is 33.4. The standard InChI is InChI=1S/C31H31BrFN7O3/c1-41-29-17-27-25(16-30(29)43-11-3-8-39-9-12-42-13-10-39)31(35-20-34-27)36-24-5-2-4-21(15-24)28-19-40(38-37-28)18-22-14-23(33)6-7-26(22)32/h2,4-7,14-17,19-20H,3,8-13,18H2,1H3,(H,34,35,36). The van der Waals surface area contributed by atoms with Crippen molar-refractivity contribution in [3.63, 3.8) is 0 Å². The highest BCUT2D eigenvalue weighted by Gasteiger charge is 2.14. The Hall–Kier alpha value is -4.13. The number of ether oxygens (including phenoxy) is 3. The lowest BCUT2D eigenvalue weighted by Crippen LogP contribution is -2.37. The molecule has 43 heavy (non-hydrogen) atoms. The Kier molecular flexibility index (Phi) is 9.06. The van der Waals surface area contributed by atoms with Gasteiger partial charge in [0.05, 0.1) is 45.2 Å². The first-order chi connectivity index (χ1) is 21.1. The number of nitrogens with zero attached hydrogens (tertiary/aromatic N) is 6. The molecule has 1 aliphatic heterocycles. The van der Waals surface area contributed by atoms with Gasteiger partial charge in [0.1, 0.15) is 23.7 Å². The number of anilines is 2. The van der Waals surface area contributed by atoms with Crippen molar-refractivity contribution >= 4 is 38.3 Å². The van der Waals surface area contributed by atoms with Gasteiger partial charge in [0.25, 0.3) is 0 Å². The Balaban J connectivity index is 1.18. The Morgan fingerprint density at radius 3 is 2.79 bits per heavy atom. The van der Waals surface area contributed by atoms with Gasteiger partial charge in [0.15, 0.2) is 11.5 Å². The molecule has 0 spiro atoms. The number of aromatic nitrogens is 5. The van der Waals surface area contributed by atoms with Crippen molar-refractivity contribution in [3.05, 3.63) is 83.0 Å². The number of hydrogen-bond acceptors (Lipinski definition) is 9. The molecule has 0 saturated carbocycles. The average molecular weight is 649 g/mol. The minimum absolute atomic E-state index is 0.296. The van der Waals surface area contributed by atoms with Crippen LogP contribution < -0.4 is 14.8 Å². The van der Waals surface area contributed by atoms with Crippen molar-refractivity contribution in [2.24, 2.45) is 0 Å². The van der Waals surface area contributed by atoms with Crippen LogP contribution in [0.15, 0.2) is 71.6 Å². The molecule has 3 heterocycles. The molecule has 12 heteroatoms. The fourth-order valence-electron chi connectivity index (χ4n) is 4.97. The van der Waals surface area contributed by atoms with Gasteiger partial charge in [-0.3, -0.25) is 4.90 Å². The summed E-state index contributed by atoms with van der Waals surface area (Å²) in [6.45, 7) is 5.39. The van der Waals surface area contributed by atoms with Crippen LogP contribution in [-0.4, -0.2) is 76.4 Å². The third kappa shape index (κ3) is 7.10. The van der Waals surface area contributed by atoms with Crippen LogP contribution in [0.1, 0.15) is 12.0 Å². The van der Waals surface area contributed by atoms with E-state index in [1.54, 1.807) is 17.9 Å². The minimum atomic E-state index is -0.296. The summed E-state index contributed by atoms with van der Waals surface area (Å²) in [5.41, 5.74) is 3.90. The highest BCUT2D eigenvalue weighted by Crippen LogP contribution is 2.35. The van der Waals surface area contributed by atoms with Gasteiger partial charge in [-0.05, 0) is 48.4 Å². The van der Waals surface area contributed by atoms with Crippen molar-refractivity contribution in [3.8, 4) is 22.8 Å². The zero-order valence-corrected chi connectivity index (χ0v) is 25.3. The second kappa shape index (κ2) is 13.4. The van der Waals surface area contributed by atoms with Gasteiger partial charge in [0.2, 0.25) is 0 Å². The molecule has 0 bridgehead atoms. The van der Waals surface area contributed by atoms with Gasteiger partial charge in [-0.2, -0.15) is 0 Å². The number of benzene rings is 3. The Bertz CT molecular complexity index is 1710. The second-order valence-electron chi connectivity index (χ2n) is 10.1. The van der Waals surface area contributed by atoms with E-state index in [9.17, 15) is 4.39 Å². The fourth-order valence-corrected chi connectivity index (χ4v) is 5.34. The molecular formula is C31H31BrFN7O3.